The smallest absolute Gasteiger partial charge is 0.420 e. The topological polar surface area (TPSA) is 33.0 Å². The van der Waals surface area contributed by atoms with Gasteiger partial charge in [-0.2, -0.15) is 18.4 Å². The summed E-state index contributed by atoms with van der Waals surface area (Å²) >= 11 is 0. The first kappa shape index (κ1) is 11.9. The van der Waals surface area contributed by atoms with Gasteiger partial charge >= 0.3 is 6.18 Å². The largest absolute Gasteiger partial charge is 0.496 e. The van der Waals surface area contributed by atoms with E-state index in [0.29, 0.717) is 0 Å². The van der Waals surface area contributed by atoms with Crippen LogP contribution in [0.2, 0.25) is 0 Å². The lowest BCUT2D eigenvalue weighted by Gasteiger charge is -2.11. The van der Waals surface area contributed by atoms with E-state index in [4.69, 9.17) is 5.26 Å². The van der Waals surface area contributed by atoms with Crippen LogP contribution in [0.1, 0.15) is 11.1 Å². The maximum Gasteiger partial charge on any atom is 0.420 e. The number of alkyl halides is 3. The van der Waals surface area contributed by atoms with Gasteiger partial charge in [0.05, 0.1) is 12.7 Å². The average molecular weight is 225 g/mol. The van der Waals surface area contributed by atoms with Crippen molar-refractivity contribution in [2.24, 2.45) is 0 Å². The van der Waals surface area contributed by atoms with Crippen LogP contribution in [0.4, 0.5) is 13.2 Å². The van der Waals surface area contributed by atoms with Crippen molar-refractivity contribution in [1.29, 1.82) is 5.26 Å². The Bertz CT molecular complexity index is 489. The molecule has 0 spiro atoms. The molecule has 5 heteroatoms. The summed E-state index contributed by atoms with van der Waals surface area (Å²) in [5.41, 5.74) is -0.783. The molecule has 0 N–H and O–H groups in total. The van der Waals surface area contributed by atoms with Gasteiger partial charge in [0.25, 0.3) is 0 Å². The van der Waals surface area contributed by atoms with Gasteiger partial charge in [-0.1, -0.05) is 5.92 Å². The van der Waals surface area contributed by atoms with Crippen LogP contribution in [-0.4, -0.2) is 7.11 Å². The number of hydrogen-bond donors (Lipinski definition) is 0. The van der Waals surface area contributed by atoms with Crippen LogP contribution >= 0.6 is 0 Å². The normalized spacial score (nSPS) is 9.94. The second kappa shape index (κ2) is 4.59. The Labute approximate surface area is 90.3 Å². The number of halogens is 3. The van der Waals surface area contributed by atoms with Crippen molar-refractivity contribution in [3.8, 4) is 23.7 Å². The van der Waals surface area contributed by atoms with E-state index in [1.807, 2.05) is 5.92 Å². The SMILES string of the molecule is COc1ccc(C#CC#N)cc1C(F)(F)F. The van der Waals surface area contributed by atoms with Crippen LogP contribution in [0.25, 0.3) is 0 Å². The molecule has 0 saturated heterocycles. The summed E-state index contributed by atoms with van der Waals surface area (Å²) in [6.07, 6.45) is -4.50. The number of rotatable bonds is 1. The molecule has 0 heterocycles. The third kappa shape index (κ3) is 2.68. The van der Waals surface area contributed by atoms with Crippen molar-refractivity contribution in [3.63, 3.8) is 0 Å². The monoisotopic (exact) mass is 225 g/mol. The molecule has 2 nitrogen and oxygen atoms in total. The van der Waals surface area contributed by atoms with Crippen LogP contribution in [0.5, 0.6) is 5.75 Å². The lowest BCUT2D eigenvalue weighted by Crippen LogP contribution is -2.07. The highest BCUT2D eigenvalue weighted by molar-refractivity contribution is 5.46. The van der Waals surface area contributed by atoms with E-state index in [9.17, 15) is 13.2 Å². The summed E-state index contributed by atoms with van der Waals surface area (Å²) < 4.78 is 42.2. The third-order valence-electron chi connectivity index (χ3n) is 1.77. The van der Waals surface area contributed by atoms with Gasteiger partial charge < -0.3 is 4.74 Å². The molecular weight excluding hydrogens is 219 g/mol. The second-order valence-electron chi connectivity index (χ2n) is 2.77. The molecular formula is C11H6F3NO. The van der Waals surface area contributed by atoms with E-state index in [-0.39, 0.29) is 11.3 Å². The van der Waals surface area contributed by atoms with Crippen LogP contribution in [0.15, 0.2) is 18.2 Å². The van der Waals surface area contributed by atoms with Crippen LogP contribution < -0.4 is 4.74 Å². The van der Waals surface area contributed by atoms with Gasteiger partial charge in [0.2, 0.25) is 0 Å². The maximum absolute atomic E-state index is 12.5. The molecule has 0 unspecified atom stereocenters. The Hall–Kier alpha value is -2.14. The Morgan fingerprint density at radius 3 is 2.50 bits per heavy atom. The predicted octanol–water partition coefficient (Wildman–Crippen LogP) is 2.59. The zero-order valence-electron chi connectivity index (χ0n) is 8.22. The summed E-state index contributed by atoms with van der Waals surface area (Å²) in [6.45, 7) is 0. The Morgan fingerprint density at radius 2 is 2.00 bits per heavy atom. The molecule has 16 heavy (non-hydrogen) atoms. The van der Waals surface area contributed by atoms with Crippen LogP contribution in [0.3, 0.4) is 0 Å². The summed E-state index contributed by atoms with van der Waals surface area (Å²) in [4.78, 5) is 0. The third-order valence-corrected chi connectivity index (χ3v) is 1.77. The highest BCUT2D eigenvalue weighted by Gasteiger charge is 2.34. The summed E-state index contributed by atoms with van der Waals surface area (Å²) in [5.74, 6) is 4.05. The number of benzene rings is 1. The number of nitrogens with zero attached hydrogens (tertiary/aromatic N) is 1. The van der Waals surface area contributed by atoms with Gasteiger partial charge in [-0.15, -0.1) is 0 Å². The first-order valence-corrected chi connectivity index (χ1v) is 4.14. The number of ether oxygens (including phenoxy) is 1. The average Bonchev–Trinajstić information content (AvgIpc) is 2.24. The molecule has 1 aromatic carbocycles. The van der Waals surface area contributed by atoms with Crippen molar-refractivity contribution < 1.29 is 17.9 Å². The Balaban J connectivity index is 3.28. The minimum absolute atomic E-state index is 0.120. The molecule has 0 fully saturated rings. The van der Waals surface area contributed by atoms with Crippen LogP contribution in [0, 0.1) is 23.2 Å². The second-order valence-corrected chi connectivity index (χ2v) is 2.77. The molecule has 0 radical (unpaired) electrons. The molecule has 1 aromatic rings. The highest BCUT2D eigenvalue weighted by Crippen LogP contribution is 2.36. The first-order valence-electron chi connectivity index (χ1n) is 4.14. The number of hydrogen-bond acceptors (Lipinski definition) is 2. The molecule has 82 valence electrons. The fourth-order valence-corrected chi connectivity index (χ4v) is 1.11. The first-order chi connectivity index (χ1) is 7.49. The van der Waals surface area contributed by atoms with Gasteiger partial charge in [0.1, 0.15) is 5.75 Å². The molecule has 1 rings (SSSR count). The maximum atomic E-state index is 12.5. The van der Waals surface area contributed by atoms with Crippen LogP contribution in [-0.2, 0) is 6.18 Å². The quantitative estimate of drug-likeness (QED) is 0.688. The summed E-state index contributed by atoms with van der Waals surface area (Å²) in [7, 11) is 1.16. The molecule has 0 aliphatic carbocycles. The standard InChI is InChI=1S/C11H6F3NO/c1-16-10-5-4-8(3-2-6-15)7-9(10)11(12,13)14/h4-5,7H,1H3. The predicted molar refractivity (Wildman–Crippen MR) is 50.5 cm³/mol. The van der Waals surface area contributed by atoms with E-state index in [2.05, 4.69) is 10.7 Å². The van der Waals surface area contributed by atoms with Gasteiger partial charge in [-0.25, -0.2) is 0 Å². The zero-order valence-corrected chi connectivity index (χ0v) is 8.22. The van der Waals surface area contributed by atoms with Gasteiger partial charge in [0.15, 0.2) is 6.07 Å². The lowest BCUT2D eigenvalue weighted by molar-refractivity contribution is -0.138. The zero-order chi connectivity index (χ0) is 12.2. The molecule has 0 saturated carbocycles. The molecule has 0 aliphatic heterocycles. The highest BCUT2D eigenvalue weighted by atomic mass is 19.4. The van der Waals surface area contributed by atoms with Crippen molar-refractivity contribution in [2.45, 2.75) is 6.18 Å². The van der Waals surface area contributed by atoms with Gasteiger partial charge in [-0.3, -0.25) is 0 Å². The summed E-state index contributed by atoms with van der Waals surface area (Å²) in [6, 6.07) is 4.91. The number of nitriles is 1. The van der Waals surface area contributed by atoms with Crippen molar-refractivity contribution >= 4 is 0 Å². The molecule has 0 aromatic heterocycles. The minimum Gasteiger partial charge on any atom is -0.496 e. The van der Waals surface area contributed by atoms with Crippen molar-refractivity contribution in [1.82, 2.24) is 0 Å². The van der Waals surface area contributed by atoms with Crippen molar-refractivity contribution in [2.75, 3.05) is 7.11 Å². The molecule has 0 atom stereocenters. The van der Waals surface area contributed by atoms with E-state index >= 15 is 0 Å². The molecule has 0 aliphatic rings. The Kier molecular flexibility index (Phi) is 3.42. The number of methoxy groups -OCH3 is 1. The fourth-order valence-electron chi connectivity index (χ4n) is 1.11. The van der Waals surface area contributed by atoms with E-state index in [0.717, 1.165) is 13.2 Å². The molecule has 0 bridgehead atoms. The summed E-state index contributed by atoms with van der Waals surface area (Å²) in [5, 5.41) is 8.19. The van der Waals surface area contributed by atoms with Gasteiger partial charge in [-0.05, 0) is 18.2 Å². The Morgan fingerprint density at radius 1 is 1.31 bits per heavy atom. The molecule has 0 amide bonds. The van der Waals surface area contributed by atoms with E-state index in [1.54, 1.807) is 0 Å². The minimum atomic E-state index is -4.50. The lowest BCUT2D eigenvalue weighted by atomic mass is 10.1. The van der Waals surface area contributed by atoms with Gasteiger partial charge in [0, 0.05) is 11.5 Å². The fraction of sp³-hybridized carbons (Fsp3) is 0.182. The van der Waals surface area contributed by atoms with E-state index in [1.165, 1.54) is 18.2 Å². The van der Waals surface area contributed by atoms with E-state index < -0.39 is 11.7 Å². The van der Waals surface area contributed by atoms with Crippen molar-refractivity contribution in [3.05, 3.63) is 29.3 Å².